The van der Waals surface area contributed by atoms with Crippen LogP contribution in [0.5, 0.6) is 0 Å². The van der Waals surface area contributed by atoms with E-state index in [9.17, 15) is 19.8 Å². The molecule has 0 radical (unpaired) electrons. The maximum absolute atomic E-state index is 12.0. The Balaban J connectivity index is 1.87. The van der Waals surface area contributed by atoms with Crippen LogP contribution in [0.4, 0.5) is 0 Å². The summed E-state index contributed by atoms with van der Waals surface area (Å²) in [6, 6.07) is 0. The highest BCUT2D eigenvalue weighted by Crippen LogP contribution is 2.65. The van der Waals surface area contributed by atoms with E-state index >= 15 is 0 Å². The van der Waals surface area contributed by atoms with Crippen molar-refractivity contribution in [1.82, 2.24) is 0 Å². The minimum Gasteiger partial charge on any atom is -0.481 e. The van der Waals surface area contributed by atoms with Crippen LogP contribution < -0.4 is 0 Å². The van der Waals surface area contributed by atoms with E-state index in [1.54, 1.807) is 0 Å². The van der Waals surface area contributed by atoms with Gasteiger partial charge in [-0.2, -0.15) is 0 Å². The predicted octanol–water partition coefficient (Wildman–Crippen LogP) is 6.43. The van der Waals surface area contributed by atoms with E-state index in [-0.39, 0.29) is 17.8 Å². The Kier molecular flexibility index (Phi) is 6.79. The molecule has 8 atom stereocenters. The van der Waals surface area contributed by atoms with Gasteiger partial charge in [0.1, 0.15) is 0 Å². The first-order valence-electron chi connectivity index (χ1n) is 12.2. The SMILES string of the molecule is CC(C)[C@@H](C)/C=C/[C@@H](C)[C@@H]1CC[C@@H]2C3=CC[C@H](C(=O)O)[C@@](C)(CC(=O)O)[C@@H]3CC[C@@]21C. The number of carbonyl (C=O) groups is 2. The molecule has 31 heavy (non-hydrogen) atoms. The summed E-state index contributed by atoms with van der Waals surface area (Å²) in [6.07, 6.45) is 11.7. The van der Waals surface area contributed by atoms with Crippen molar-refractivity contribution < 1.29 is 19.8 Å². The third kappa shape index (κ3) is 4.24. The highest BCUT2D eigenvalue weighted by Gasteiger charge is 2.58. The second-order valence-electron chi connectivity index (χ2n) is 11.6. The van der Waals surface area contributed by atoms with Crippen molar-refractivity contribution in [2.75, 3.05) is 0 Å². The number of allylic oxidation sites excluding steroid dienone is 4. The Morgan fingerprint density at radius 1 is 1.06 bits per heavy atom. The summed E-state index contributed by atoms with van der Waals surface area (Å²) >= 11 is 0. The molecule has 174 valence electrons. The molecule has 2 saturated carbocycles. The first-order valence-corrected chi connectivity index (χ1v) is 12.2. The molecule has 3 aliphatic rings. The molecule has 0 aromatic heterocycles. The van der Waals surface area contributed by atoms with Gasteiger partial charge in [-0.25, -0.2) is 0 Å². The van der Waals surface area contributed by atoms with Gasteiger partial charge < -0.3 is 10.2 Å². The summed E-state index contributed by atoms with van der Waals surface area (Å²) in [4.78, 5) is 23.7. The molecule has 2 fully saturated rings. The topological polar surface area (TPSA) is 74.6 Å². The number of aliphatic carboxylic acids is 2. The number of rotatable bonds is 7. The Labute approximate surface area is 188 Å². The second-order valence-corrected chi connectivity index (χ2v) is 11.6. The summed E-state index contributed by atoms with van der Waals surface area (Å²) in [5, 5.41) is 19.4. The molecule has 0 heterocycles. The summed E-state index contributed by atoms with van der Waals surface area (Å²) in [6.45, 7) is 13.5. The molecular weight excluding hydrogens is 388 g/mol. The highest BCUT2D eigenvalue weighted by atomic mass is 16.4. The second kappa shape index (κ2) is 8.75. The van der Waals surface area contributed by atoms with Gasteiger partial charge in [-0.3, -0.25) is 9.59 Å². The van der Waals surface area contributed by atoms with Gasteiger partial charge in [0.15, 0.2) is 0 Å². The quantitative estimate of drug-likeness (QED) is 0.457. The zero-order chi connectivity index (χ0) is 23.1. The average molecular weight is 431 g/mol. The van der Waals surface area contributed by atoms with Crippen LogP contribution in [0.3, 0.4) is 0 Å². The first kappa shape index (κ1) is 24.1. The summed E-state index contributed by atoms with van der Waals surface area (Å²) < 4.78 is 0. The predicted molar refractivity (Wildman–Crippen MR) is 124 cm³/mol. The normalized spacial score (nSPS) is 39.6. The van der Waals surface area contributed by atoms with Crippen molar-refractivity contribution >= 4 is 11.9 Å². The van der Waals surface area contributed by atoms with Crippen LogP contribution in [0.25, 0.3) is 0 Å². The Hall–Kier alpha value is -1.58. The van der Waals surface area contributed by atoms with Crippen molar-refractivity contribution in [3.63, 3.8) is 0 Å². The maximum Gasteiger partial charge on any atom is 0.307 e. The van der Waals surface area contributed by atoms with Gasteiger partial charge in [0, 0.05) is 0 Å². The third-order valence-corrected chi connectivity index (χ3v) is 9.60. The Morgan fingerprint density at radius 2 is 1.74 bits per heavy atom. The highest BCUT2D eigenvalue weighted by molar-refractivity contribution is 5.75. The van der Waals surface area contributed by atoms with Crippen molar-refractivity contribution in [2.24, 2.45) is 52.3 Å². The van der Waals surface area contributed by atoms with E-state index in [1.807, 2.05) is 6.92 Å². The number of carboxylic acid groups (broad SMARTS) is 2. The van der Waals surface area contributed by atoms with Gasteiger partial charge in [0.25, 0.3) is 0 Å². The fraction of sp³-hybridized carbons (Fsp3) is 0.778. The molecule has 0 saturated heterocycles. The zero-order valence-corrected chi connectivity index (χ0v) is 20.2. The van der Waals surface area contributed by atoms with Crippen LogP contribution in [0.1, 0.15) is 80.1 Å². The van der Waals surface area contributed by atoms with Crippen LogP contribution in [-0.4, -0.2) is 22.2 Å². The molecule has 4 heteroatoms. The van der Waals surface area contributed by atoms with E-state index in [0.717, 1.165) is 19.3 Å². The lowest BCUT2D eigenvalue weighted by atomic mass is 9.49. The molecule has 0 aromatic carbocycles. The standard InChI is InChI=1S/C27H42O4/c1-16(2)17(3)7-8-18(4)20-11-12-21-19-9-10-23(25(30)31)27(6,15-24(28)29)22(19)13-14-26(20,21)5/h7-9,16-18,20-23H,10-15H2,1-6H3,(H,28,29)(H,30,31)/b8-7+/t17-,18+,20-,21+,22+,23+,26+,27-/m0/s1. The summed E-state index contributed by atoms with van der Waals surface area (Å²) in [5.41, 5.74) is 0.886. The first-order chi connectivity index (χ1) is 14.4. The van der Waals surface area contributed by atoms with E-state index in [2.05, 4.69) is 52.8 Å². The van der Waals surface area contributed by atoms with E-state index in [0.29, 0.717) is 36.0 Å². The smallest absolute Gasteiger partial charge is 0.307 e. The summed E-state index contributed by atoms with van der Waals surface area (Å²) in [5.74, 6) is 0.548. The van der Waals surface area contributed by atoms with Crippen molar-refractivity contribution in [2.45, 2.75) is 80.1 Å². The van der Waals surface area contributed by atoms with E-state index in [1.165, 1.54) is 12.0 Å². The van der Waals surface area contributed by atoms with Gasteiger partial charge in [0.2, 0.25) is 0 Å². The molecule has 0 bridgehead atoms. The van der Waals surface area contributed by atoms with Crippen molar-refractivity contribution in [3.05, 3.63) is 23.8 Å². The molecule has 3 aliphatic carbocycles. The molecule has 4 nitrogen and oxygen atoms in total. The monoisotopic (exact) mass is 430 g/mol. The molecule has 0 unspecified atom stereocenters. The van der Waals surface area contributed by atoms with Crippen LogP contribution in [0.2, 0.25) is 0 Å². The van der Waals surface area contributed by atoms with Crippen molar-refractivity contribution in [1.29, 1.82) is 0 Å². The largest absolute Gasteiger partial charge is 0.481 e. The molecule has 0 amide bonds. The number of carboxylic acids is 2. The Morgan fingerprint density at radius 3 is 2.32 bits per heavy atom. The molecular formula is C27H42O4. The molecule has 2 N–H and O–H groups in total. The fourth-order valence-corrected chi connectivity index (χ4v) is 7.32. The minimum atomic E-state index is -0.884. The number of hydrogen-bond donors (Lipinski definition) is 2. The molecule has 3 rings (SSSR count). The minimum absolute atomic E-state index is 0.0644. The zero-order valence-electron chi connectivity index (χ0n) is 20.2. The number of hydrogen-bond acceptors (Lipinski definition) is 2. The lowest BCUT2D eigenvalue weighted by molar-refractivity contribution is -0.153. The van der Waals surface area contributed by atoms with Crippen LogP contribution in [0, 0.1) is 52.3 Å². The number of fused-ring (bicyclic) bond motifs is 3. The van der Waals surface area contributed by atoms with Crippen LogP contribution >= 0.6 is 0 Å². The van der Waals surface area contributed by atoms with Gasteiger partial charge in [-0.1, -0.05) is 65.3 Å². The van der Waals surface area contributed by atoms with Gasteiger partial charge >= 0.3 is 11.9 Å². The van der Waals surface area contributed by atoms with E-state index < -0.39 is 23.3 Å². The third-order valence-electron chi connectivity index (χ3n) is 9.60. The molecule has 0 aromatic rings. The van der Waals surface area contributed by atoms with Crippen molar-refractivity contribution in [3.8, 4) is 0 Å². The average Bonchev–Trinajstić information content (AvgIpc) is 3.02. The molecule has 0 aliphatic heterocycles. The summed E-state index contributed by atoms with van der Waals surface area (Å²) in [7, 11) is 0. The van der Waals surface area contributed by atoms with Crippen LogP contribution in [0.15, 0.2) is 23.8 Å². The van der Waals surface area contributed by atoms with Gasteiger partial charge in [0.05, 0.1) is 12.3 Å². The maximum atomic E-state index is 12.0. The molecule has 0 spiro atoms. The lowest BCUT2D eigenvalue weighted by Gasteiger charge is -2.54. The van der Waals surface area contributed by atoms with Gasteiger partial charge in [-0.05, 0) is 78.4 Å². The van der Waals surface area contributed by atoms with E-state index in [4.69, 9.17) is 0 Å². The lowest BCUT2D eigenvalue weighted by Crippen LogP contribution is -2.50. The van der Waals surface area contributed by atoms with Gasteiger partial charge in [-0.15, -0.1) is 0 Å². The van der Waals surface area contributed by atoms with Crippen LogP contribution in [-0.2, 0) is 9.59 Å². The Bertz CT molecular complexity index is 765. The fourth-order valence-electron chi connectivity index (χ4n) is 7.32.